The van der Waals surface area contributed by atoms with Crippen molar-refractivity contribution in [1.29, 1.82) is 5.26 Å². The summed E-state index contributed by atoms with van der Waals surface area (Å²) in [5.41, 5.74) is 1.88. The highest BCUT2D eigenvalue weighted by Crippen LogP contribution is 2.28. The van der Waals surface area contributed by atoms with Gasteiger partial charge in [-0.1, -0.05) is 17.7 Å². The van der Waals surface area contributed by atoms with Crippen LogP contribution in [-0.4, -0.2) is 19.1 Å². The van der Waals surface area contributed by atoms with E-state index in [1.807, 2.05) is 19.9 Å². The molecule has 0 aliphatic rings. The van der Waals surface area contributed by atoms with Gasteiger partial charge >= 0.3 is 0 Å². The summed E-state index contributed by atoms with van der Waals surface area (Å²) in [7, 11) is 0. The maximum atomic E-state index is 12.5. The van der Waals surface area contributed by atoms with Gasteiger partial charge < -0.3 is 14.8 Å². The van der Waals surface area contributed by atoms with Gasteiger partial charge in [-0.15, -0.1) is 0 Å². The standard InChI is InChI=1S/C21H21ClN2O3/c1-4-26-17-10-9-15(20(12-17)27-5-2)11-16(13-23)21(25)24-19-8-6-7-18(22)14(19)3/h6-12H,4-5H2,1-3H3,(H,24,25)/b16-11+. The molecular formula is C21H21ClN2O3. The van der Waals surface area contributed by atoms with Crippen molar-refractivity contribution in [2.24, 2.45) is 0 Å². The topological polar surface area (TPSA) is 71.3 Å². The van der Waals surface area contributed by atoms with Crippen molar-refractivity contribution in [3.8, 4) is 17.6 Å². The fourth-order valence-electron chi connectivity index (χ4n) is 2.41. The highest BCUT2D eigenvalue weighted by Gasteiger charge is 2.13. The van der Waals surface area contributed by atoms with Crippen molar-refractivity contribution in [3.63, 3.8) is 0 Å². The number of nitrogens with zero attached hydrogens (tertiary/aromatic N) is 1. The average Bonchev–Trinajstić information content (AvgIpc) is 2.65. The zero-order valence-electron chi connectivity index (χ0n) is 15.5. The molecule has 5 nitrogen and oxygen atoms in total. The van der Waals surface area contributed by atoms with E-state index in [1.165, 1.54) is 6.08 Å². The van der Waals surface area contributed by atoms with Crippen molar-refractivity contribution in [2.45, 2.75) is 20.8 Å². The number of nitrogens with one attached hydrogen (secondary N) is 1. The van der Waals surface area contributed by atoms with Gasteiger partial charge in [-0.2, -0.15) is 5.26 Å². The summed E-state index contributed by atoms with van der Waals surface area (Å²) in [5, 5.41) is 12.7. The summed E-state index contributed by atoms with van der Waals surface area (Å²) in [4.78, 5) is 12.5. The molecule has 0 aromatic heterocycles. The number of carbonyl (C=O) groups excluding carboxylic acids is 1. The van der Waals surface area contributed by atoms with Gasteiger partial charge in [0.1, 0.15) is 23.1 Å². The fourth-order valence-corrected chi connectivity index (χ4v) is 2.58. The van der Waals surface area contributed by atoms with E-state index in [9.17, 15) is 10.1 Å². The van der Waals surface area contributed by atoms with Gasteiger partial charge in [-0.25, -0.2) is 0 Å². The molecule has 2 aromatic rings. The fraction of sp³-hybridized carbons (Fsp3) is 0.238. The predicted molar refractivity (Wildman–Crippen MR) is 107 cm³/mol. The van der Waals surface area contributed by atoms with E-state index in [4.69, 9.17) is 21.1 Å². The number of ether oxygens (including phenoxy) is 2. The average molecular weight is 385 g/mol. The Balaban J connectivity index is 2.33. The minimum Gasteiger partial charge on any atom is -0.494 e. The van der Waals surface area contributed by atoms with Gasteiger partial charge in [-0.3, -0.25) is 4.79 Å². The Kier molecular flexibility index (Phi) is 7.27. The van der Waals surface area contributed by atoms with Crippen LogP contribution in [0.1, 0.15) is 25.0 Å². The van der Waals surface area contributed by atoms with E-state index in [-0.39, 0.29) is 5.57 Å². The highest BCUT2D eigenvalue weighted by atomic mass is 35.5. The molecule has 0 aliphatic heterocycles. The van der Waals surface area contributed by atoms with Gasteiger partial charge in [0.05, 0.1) is 13.2 Å². The molecule has 0 fully saturated rings. The molecule has 0 atom stereocenters. The minimum atomic E-state index is -0.515. The molecule has 0 heterocycles. The SMILES string of the molecule is CCOc1ccc(/C=C(\C#N)C(=O)Nc2cccc(Cl)c2C)c(OCC)c1. The van der Waals surface area contributed by atoms with Crippen molar-refractivity contribution in [3.05, 3.63) is 58.1 Å². The summed E-state index contributed by atoms with van der Waals surface area (Å²) in [6.07, 6.45) is 1.50. The largest absolute Gasteiger partial charge is 0.494 e. The van der Waals surface area contributed by atoms with Crippen LogP contribution in [0.2, 0.25) is 5.02 Å². The maximum absolute atomic E-state index is 12.5. The molecule has 0 radical (unpaired) electrons. The summed E-state index contributed by atoms with van der Waals surface area (Å²) in [6, 6.07) is 12.4. The van der Waals surface area contributed by atoms with Gasteiger partial charge in [0.2, 0.25) is 0 Å². The van der Waals surface area contributed by atoms with Crippen LogP contribution < -0.4 is 14.8 Å². The first kappa shape index (κ1) is 20.3. The first-order valence-electron chi connectivity index (χ1n) is 8.58. The molecular weight excluding hydrogens is 364 g/mol. The van der Waals surface area contributed by atoms with E-state index in [2.05, 4.69) is 5.32 Å². The molecule has 2 aromatic carbocycles. The predicted octanol–water partition coefficient (Wildman–Crippen LogP) is 4.99. The molecule has 1 amide bonds. The van der Waals surface area contributed by atoms with Crippen LogP contribution in [-0.2, 0) is 4.79 Å². The monoisotopic (exact) mass is 384 g/mol. The molecule has 0 saturated carbocycles. The number of amides is 1. The Morgan fingerprint density at radius 3 is 2.63 bits per heavy atom. The second-order valence-corrected chi connectivity index (χ2v) is 6.01. The third-order valence-electron chi connectivity index (χ3n) is 3.78. The van der Waals surface area contributed by atoms with Gasteiger partial charge in [0, 0.05) is 22.3 Å². The molecule has 1 N–H and O–H groups in total. The summed E-state index contributed by atoms with van der Waals surface area (Å²) < 4.78 is 11.1. The lowest BCUT2D eigenvalue weighted by molar-refractivity contribution is -0.112. The molecule has 6 heteroatoms. The number of hydrogen-bond donors (Lipinski definition) is 1. The summed E-state index contributed by atoms with van der Waals surface area (Å²) in [5.74, 6) is 0.692. The molecule has 2 rings (SSSR count). The second kappa shape index (κ2) is 9.65. The van der Waals surface area contributed by atoms with Gasteiger partial charge in [0.25, 0.3) is 5.91 Å². The van der Waals surface area contributed by atoms with Crippen LogP contribution in [0.3, 0.4) is 0 Å². The number of halogens is 1. The zero-order chi connectivity index (χ0) is 19.8. The molecule has 0 aliphatic carbocycles. The Bertz CT molecular complexity index is 901. The Morgan fingerprint density at radius 1 is 1.22 bits per heavy atom. The van der Waals surface area contributed by atoms with E-state index in [1.54, 1.807) is 43.3 Å². The van der Waals surface area contributed by atoms with Crippen molar-refractivity contribution >= 4 is 29.3 Å². The molecule has 0 saturated heterocycles. The third-order valence-corrected chi connectivity index (χ3v) is 4.19. The molecule has 140 valence electrons. The van der Waals surface area contributed by atoms with Crippen LogP contribution in [0.25, 0.3) is 6.08 Å². The number of rotatable bonds is 7. The van der Waals surface area contributed by atoms with E-state index >= 15 is 0 Å². The smallest absolute Gasteiger partial charge is 0.266 e. The van der Waals surface area contributed by atoms with Crippen LogP contribution in [0, 0.1) is 18.3 Å². The van der Waals surface area contributed by atoms with Crippen LogP contribution >= 0.6 is 11.6 Å². The number of hydrogen-bond acceptors (Lipinski definition) is 4. The third kappa shape index (κ3) is 5.25. The number of benzene rings is 2. The first-order chi connectivity index (χ1) is 13.0. The zero-order valence-corrected chi connectivity index (χ0v) is 16.3. The van der Waals surface area contributed by atoms with E-state index < -0.39 is 5.91 Å². The van der Waals surface area contributed by atoms with Gasteiger partial charge in [-0.05, 0) is 56.7 Å². The lowest BCUT2D eigenvalue weighted by Gasteiger charge is -2.11. The highest BCUT2D eigenvalue weighted by molar-refractivity contribution is 6.31. The molecule has 0 spiro atoms. The molecule has 27 heavy (non-hydrogen) atoms. The van der Waals surface area contributed by atoms with Crippen molar-refractivity contribution < 1.29 is 14.3 Å². The van der Waals surface area contributed by atoms with Crippen molar-refractivity contribution in [2.75, 3.05) is 18.5 Å². The lowest BCUT2D eigenvalue weighted by atomic mass is 10.1. The van der Waals surface area contributed by atoms with Crippen LogP contribution in [0.5, 0.6) is 11.5 Å². The molecule has 0 bridgehead atoms. The Morgan fingerprint density at radius 2 is 1.96 bits per heavy atom. The Hall–Kier alpha value is -2.97. The lowest BCUT2D eigenvalue weighted by Crippen LogP contribution is -2.14. The first-order valence-corrected chi connectivity index (χ1v) is 8.95. The number of nitriles is 1. The van der Waals surface area contributed by atoms with Crippen LogP contribution in [0.15, 0.2) is 42.0 Å². The van der Waals surface area contributed by atoms with Crippen LogP contribution in [0.4, 0.5) is 5.69 Å². The summed E-state index contributed by atoms with van der Waals surface area (Å²) >= 11 is 6.08. The Labute approximate surface area is 164 Å². The quantitative estimate of drug-likeness (QED) is 0.539. The normalized spacial score (nSPS) is 10.9. The number of anilines is 1. The van der Waals surface area contributed by atoms with E-state index in [0.29, 0.717) is 41.0 Å². The maximum Gasteiger partial charge on any atom is 0.266 e. The second-order valence-electron chi connectivity index (χ2n) is 5.60. The summed E-state index contributed by atoms with van der Waals surface area (Å²) in [6.45, 7) is 6.54. The molecule has 0 unspecified atom stereocenters. The number of carbonyl (C=O) groups is 1. The van der Waals surface area contributed by atoms with E-state index in [0.717, 1.165) is 5.56 Å². The minimum absolute atomic E-state index is 0.0421. The van der Waals surface area contributed by atoms with Gasteiger partial charge in [0.15, 0.2) is 0 Å². The van der Waals surface area contributed by atoms with Crippen molar-refractivity contribution in [1.82, 2.24) is 0 Å².